The van der Waals surface area contributed by atoms with Crippen molar-refractivity contribution in [1.29, 1.82) is 0 Å². The Morgan fingerprint density at radius 1 is 1.25 bits per heavy atom. The minimum Gasteiger partial charge on any atom is -0.369 e. The number of aromatic nitrogens is 4. The van der Waals surface area contributed by atoms with Crippen LogP contribution in [0.2, 0.25) is 0 Å². The van der Waals surface area contributed by atoms with Gasteiger partial charge in [-0.3, -0.25) is 9.59 Å². The summed E-state index contributed by atoms with van der Waals surface area (Å²) in [7, 11) is 0. The van der Waals surface area contributed by atoms with Crippen molar-refractivity contribution in [2.24, 2.45) is 11.7 Å². The van der Waals surface area contributed by atoms with Gasteiger partial charge in [-0.15, -0.1) is 10.2 Å². The number of primary amides is 1. The van der Waals surface area contributed by atoms with Crippen LogP contribution in [0.1, 0.15) is 31.4 Å². The number of nitrogens with two attached hydrogens (primary N) is 1. The second-order valence-electron chi connectivity index (χ2n) is 6.69. The number of carbonyl (C=O) groups is 2. The lowest BCUT2D eigenvalue weighted by atomic mass is 9.96. The van der Waals surface area contributed by atoms with Crippen molar-refractivity contribution >= 4 is 11.8 Å². The minimum absolute atomic E-state index is 0.00168. The molecule has 0 aliphatic carbocycles. The van der Waals surface area contributed by atoms with Crippen LogP contribution in [0.25, 0.3) is 11.4 Å². The molecule has 0 saturated carbocycles. The minimum atomic E-state index is -4.48. The third-order valence-electron chi connectivity index (χ3n) is 4.79. The highest BCUT2D eigenvalue weighted by Gasteiger charge is 2.32. The van der Waals surface area contributed by atoms with Gasteiger partial charge in [0.2, 0.25) is 17.6 Å². The number of piperidine rings is 1. The van der Waals surface area contributed by atoms with E-state index in [4.69, 9.17) is 5.73 Å². The summed E-state index contributed by atoms with van der Waals surface area (Å²) < 4.78 is 38.6. The Labute approximate surface area is 158 Å². The van der Waals surface area contributed by atoms with Gasteiger partial charge in [0, 0.05) is 24.6 Å². The van der Waals surface area contributed by atoms with Gasteiger partial charge in [0.05, 0.1) is 5.56 Å². The second kappa shape index (κ2) is 7.56. The Morgan fingerprint density at radius 2 is 1.93 bits per heavy atom. The number of alkyl halides is 3. The number of nitrogens with zero attached hydrogens (tertiary/aromatic N) is 5. The Bertz CT molecular complexity index is 874. The molecule has 1 atom stereocenters. The number of hydrogen-bond acceptors (Lipinski definition) is 5. The number of likely N-dealkylation sites (tertiary alicyclic amines) is 1. The fourth-order valence-electron chi connectivity index (χ4n) is 3.09. The summed E-state index contributed by atoms with van der Waals surface area (Å²) in [6.45, 7) is 2.37. The van der Waals surface area contributed by atoms with E-state index in [2.05, 4.69) is 15.4 Å². The first-order chi connectivity index (χ1) is 13.2. The van der Waals surface area contributed by atoms with Gasteiger partial charge >= 0.3 is 6.18 Å². The van der Waals surface area contributed by atoms with E-state index in [-0.39, 0.29) is 29.1 Å². The Hall–Kier alpha value is -2.98. The van der Waals surface area contributed by atoms with Crippen molar-refractivity contribution < 1.29 is 22.8 Å². The first kappa shape index (κ1) is 19.8. The van der Waals surface area contributed by atoms with Crippen molar-refractivity contribution in [3.63, 3.8) is 0 Å². The number of halogens is 3. The monoisotopic (exact) mass is 396 g/mol. The van der Waals surface area contributed by atoms with E-state index in [0.717, 1.165) is 16.9 Å². The summed E-state index contributed by atoms with van der Waals surface area (Å²) in [4.78, 5) is 26.5. The Morgan fingerprint density at radius 3 is 2.54 bits per heavy atom. The molecule has 1 saturated heterocycles. The number of tetrazole rings is 1. The molecule has 2 aromatic rings. The van der Waals surface area contributed by atoms with Gasteiger partial charge in [-0.05, 0) is 37.1 Å². The fraction of sp³-hybridized carbons (Fsp3) is 0.471. The molecule has 1 fully saturated rings. The molecule has 150 valence electrons. The molecular weight excluding hydrogens is 377 g/mol. The predicted molar refractivity (Wildman–Crippen MR) is 91.5 cm³/mol. The van der Waals surface area contributed by atoms with E-state index in [1.807, 2.05) is 0 Å². The van der Waals surface area contributed by atoms with Crippen molar-refractivity contribution in [2.75, 3.05) is 13.1 Å². The highest BCUT2D eigenvalue weighted by atomic mass is 19.4. The van der Waals surface area contributed by atoms with Crippen LogP contribution in [0.15, 0.2) is 24.3 Å². The number of carbonyl (C=O) groups excluding carboxylic acids is 2. The van der Waals surface area contributed by atoms with Crippen molar-refractivity contribution in [1.82, 2.24) is 25.1 Å². The maximum Gasteiger partial charge on any atom is 0.416 e. The first-order valence-electron chi connectivity index (χ1n) is 8.72. The van der Waals surface area contributed by atoms with Gasteiger partial charge in [-0.1, -0.05) is 12.1 Å². The first-order valence-corrected chi connectivity index (χ1v) is 8.72. The van der Waals surface area contributed by atoms with Crippen LogP contribution in [0, 0.1) is 5.92 Å². The molecule has 3 rings (SSSR count). The average Bonchev–Trinajstić information content (AvgIpc) is 3.16. The molecule has 1 aliphatic heterocycles. The molecule has 1 aliphatic rings. The van der Waals surface area contributed by atoms with Gasteiger partial charge in [-0.25, -0.2) is 0 Å². The third kappa shape index (κ3) is 4.12. The number of rotatable bonds is 4. The van der Waals surface area contributed by atoms with Crippen LogP contribution in [0.3, 0.4) is 0 Å². The molecular formula is C17H19F3N6O2. The zero-order valence-corrected chi connectivity index (χ0v) is 15.1. The molecule has 8 nitrogen and oxygen atoms in total. The van der Waals surface area contributed by atoms with E-state index in [9.17, 15) is 22.8 Å². The summed E-state index contributed by atoms with van der Waals surface area (Å²) >= 11 is 0. The van der Waals surface area contributed by atoms with Crippen LogP contribution in [0.4, 0.5) is 13.2 Å². The third-order valence-corrected chi connectivity index (χ3v) is 4.79. The highest BCUT2D eigenvalue weighted by Crippen LogP contribution is 2.31. The van der Waals surface area contributed by atoms with Gasteiger partial charge in [-0.2, -0.15) is 18.0 Å². The highest BCUT2D eigenvalue weighted by molar-refractivity contribution is 5.81. The predicted octanol–water partition coefficient (Wildman–Crippen LogP) is 1.64. The summed E-state index contributed by atoms with van der Waals surface area (Å²) in [6.07, 6.45) is -3.49. The van der Waals surface area contributed by atoms with Gasteiger partial charge in [0.25, 0.3) is 0 Å². The van der Waals surface area contributed by atoms with Crippen molar-refractivity contribution in [3.05, 3.63) is 29.8 Å². The Balaban J connectivity index is 1.72. The van der Waals surface area contributed by atoms with Crippen molar-refractivity contribution in [3.8, 4) is 11.4 Å². The number of benzene rings is 1. The quantitative estimate of drug-likeness (QED) is 0.846. The largest absolute Gasteiger partial charge is 0.416 e. The normalized spacial score (nSPS) is 16.8. The molecule has 1 aromatic heterocycles. The lowest BCUT2D eigenvalue weighted by Gasteiger charge is -2.31. The van der Waals surface area contributed by atoms with Crippen LogP contribution < -0.4 is 5.73 Å². The molecule has 2 N–H and O–H groups in total. The molecule has 11 heteroatoms. The van der Waals surface area contributed by atoms with Crippen LogP contribution >= 0.6 is 0 Å². The van der Waals surface area contributed by atoms with E-state index in [1.165, 1.54) is 12.1 Å². The molecule has 28 heavy (non-hydrogen) atoms. The lowest BCUT2D eigenvalue weighted by molar-refractivity contribution is -0.138. The van der Waals surface area contributed by atoms with E-state index in [1.54, 1.807) is 11.8 Å². The zero-order valence-electron chi connectivity index (χ0n) is 15.1. The van der Waals surface area contributed by atoms with E-state index in [0.29, 0.717) is 25.9 Å². The number of hydrogen-bond donors (Lipinski definition) is 1. The molecule has 0 spiro atoms. The Kier molecular flexibility index (Phi) is 5.34. The average molecular weight is 396 g/mol. The summed E-state index contributed by atoms with van der Waals surface area (Å²) in [5.41, 5.74) is 4.63. The van der Waals surface area contributed by atoms with E-state index >= 15 is 0 Å². The van der Waals surface area contributed by atoms with Gasteiger partial charge in [0.1, 0.15) is 6.04 Å². The van der Waals surface area contributed by atoms with Gasteiger partial charge in [0.15, 0.2) is 0 Å². The fourth-order valence-corrected chi connectivity index (χ4v) is 3.09. The zero-order chi connectivity index (χ0) is 20.5. The standard InChI is InChI=1S/C17H19F3N6O2/c1-10(16(28)25-7-5-11(6-8-25)14(21)27)26-23-15(22-24-26)12-3-2-4-13(9-12)17(18,19)20/h2-4,9-11H,5-8H2,1H3,(H2,21,27). The van der Waals surface area contributed by atoms with E-state index < -0.39 is 17.8 Å². The van der Waals surface area contributed by atoms with Crippen LogP contribution in [0.5, 0.6) is 0 Å². The molecule has 2 amide bonds. The molecule has 0 radical (unpaired) electrons. The second-order valence-corrected chi connectivity index (χ2v) is 6.69. The summed E-state index contributed by atoms with van der Waals surface area (Å²) in [6, 6.07) is 3.81. The lowest BCUT2D eigenvalue weighted by Crippen LogP contribution is -2.44. The molecule has 1 aromatic carbocycles. The summed E-state index contributed by atoms with van der Waals surface area (Å²) in [5, 5.41) is 11.7. The number of amides is 2. The van der Waals surface area contributed by atoms with Crippen LogP contribution in [-0.4, -0.2) is 50.0 Å². The van der Waals surface area contributed by atoms with Crippen molar-refractivity contribution in [2.45, 2.75) is 32.0 Å². The topological polar surface area (TPSA) is 107 Å². The maximum absolute atomic E-state index is 12.9. The SMILES string of the molecule is CC(C(=O)N1CCC(C(N)=O)CC1)n1nnc(-c2cccc(C(F)(F)F)c2)n1. The molecule has 1 unspecified atom stereocenters. The summed E-state index contributed by atoms with van der Waals surface area (Å²) in [5.74, 6) is -0.866. The van der Waals surface area contributed by atoms with Gasteiger partial charge < -0.3 is 10.6 Å². The smallest absolute Gasteiger partial charge is 0.369 e. The van der Waals surface area contributed by atoms with Crippen LogP contribution in [-0.2, 0) is 15.8 Å². The maximum atomic E-state index is 12.9. The molecule has 0 bridgehead atoms. The molecule has 2 heterocycles.